The molecule has 0 amide bonds. The molecule has 35 heavy (non-hydrogen) atoms. The number of rotatable bonds is 6. The van der Waals surface area contributed by atoms with Crippen LogP contribution >= 0.6 is 0 Å². The van der Waals surface area contributed by atoms with Crippen LogP contribution in [0, 0.1) is 0 Å². The number of hydrogen-bond donors (Lipinski definition) is 0. The third-order valence-electron chi connectivity index (χ3n) is 3.32. The average molecular weight is 578 g/mol. The maximum atomic E-state index is 13.2. The van der Waals surface area contributed by atoms with Gasteiger partial charge in [0.25, 0.3) is 0 Å². The summed E-state index contributed by atoms with van der Waals surface area (Å²) in [6.07, 6.45) is -46.0. The van der Waals surface area contributed by atoms with Crippen molar-refractivity contribution in [2.45, 2.75) is 48.3 Å². The summed E-state index contributed by atoms with van der Waals surface area (Å²) in [7, 11) is 0. The van der Waals surface area contributed by atoms with Gasteiger partial charge in [0.1, 0.15) is 0 Å². The molecule has 0 unspecified atom stereocenters. The molecule has 208 valence electrons. The lowest BCUT2D eigenvalue weighted by Gasteiger charge is -2.31. The summed E-state index contributed by atoms with van der Waals surface area (Å²) >= 11 is 0. The van der Waals surface area contributed by atoms with Crippen LogP contribution in [0.25, 0.3) is 0 Å². The van der Waals surface area contributed by atoms with Crippen LogP contribution < -0.4 is 0 Å². The first kappa shape index (κ1) is 32.9. The summed E-state index contributed by atoms with van der Waals surface area (Å²) in [5.41, 5.74) is -15.5. The largest absolute Gasteiger partial charge is 0.438 e. The first-order chi connectivity index (χ1) is 14.8. The van der Waals surface area contributed by atoms with E-state index in [1.807, 2.05) is 0 Å². The molecule has 0 aromatic rings. The highest BCUT2D eigenvalue weighted by atomic mass is 19.4. The lowest BCUT2D eigenvalue weighted by molar-refractivity contribution is -0.361. The van der Waals surface area contributed by atoms with Crippen molar-refractivity contribution < 1.29 is 101 Å². The van der Waals surface area contributed by atoms with Crippen LogP contribution in [-0.2, 0) is 4.74 Å². The number of ether oxygens (including phenoxy) is 1. The second kappa shape index (κ2) is 8.78. The first-order valence-electron chi connectivity index (χ1n) is 7.07. The van der Waals surface area contributed by atoms with E-state index in [2.05, 4.69) is 0 Å². The highest BCUT2D eigenvalue weighted by Crippen LogP contribution is 2.56. The second-order valence-corrected chi connectivity index (χ2v) is 5.70. The molecule has 0 aliphatic rings. The van der Waals surface area contributed by atoms with Gasteiger partial charge in [-0.15, -0.1) is 0 Å². The molecule has 23 heteroatoms. The predicted molar refractivity (Wildman–Crippen MR) is 61.4 cm³/mol. The van der Waals surface area contributed by atoms with Gasteiger partial charge in [0.15, 0.2) is 11.7 Å². The topological polar surface area (TPSA) is 9.23 Å². The van der Waals surface area contributed by atoms with E-state index in [4.69, 9.17) is 0 Å². The van der Waals surface area contributed by atoms with Gasteiger partial charge in [-0.25, -0.2) is 22.3 Å². The Balaban J connectivity index is 6.88. The minimum absolute atomic E-state index is 1.42. The summed E-state index contributed by atoms with van der Waals surface area (Å²) in [5, 5.41) is 0. The summed E-state index contributed by atoms with van der Waals surface area (Å²) in [5.74, 6) is -21.3. The van der Waals surface area contributed by atoms with Gasteiger partial charge in [-0.1, -0.05) is 0 Å². The van der Waals surface area contributed by atoms with Gasteiger partial charge in [0, 0.05) is 0 Å². The fraction of sp³-hybridized carbons (Fsp3) is 0.667. The smallest absolute Gasteiger partial charge is 0.243 e. The van der Waals surface area contributed by atoms with Crippen molar-refractivity contribution in [1.82, 2.24) is 0 Å². The molecule has 0 saturated heterocycles. The Kier molecular flexibility index (Phi) is 8.25. The normalized spacial score (nSPS) is 17.3. The molecule has 0 bridgehead atoms. The van der Waals surface area contributed by atoms with Crippen molar-refractivity contribution in [3.05, 3.63) is 23.3 Å². The zero-order valence-electron chi connectivity index (χ0n) is 14.7. The molecule has 1 nitrogen and oxygen atoms in total. The van der Waals surface area contributed by atoms with Crippen molar-refractivity contribution in [2.24, 2.45) is 0 Å². The zero-order valence-corrected chi connectivity index (χ0v) is 14.7. The molecule has 0 aromatic heterocycles. The van der Waals surface area contributed by atoms with Gasteiger partial charge >= 0.3 is 48.3 Å². The molecule has 0 saturated carbocycles. The van der Waals surface area contributed by atoms with Crippen LogP contribution in [0.4, 0.5) is 96.6 Å². The molecule has 0 aliphatic carbocycles. The molecule has 0 N–H and O–H groups in total. The van der Waals surface area contributed by atoms with Crippen molar-refractivity contribution >= 4 is 0 Å². The van der Waals surface area contributed by atoms with E-state index in [1.54, 1.807) is 0 Å². The van der Waals surface area contributed by atoms with Crippen LogP contribution in [-0.4, -0.2) is 48.3 Å². The summed E-state index contributed by atoms with van der Waals surface area (Å²) in [6, 6.07) is 0. The van der Waals surface area contributed by atoms with Crippen LogP contribution in [0.1, 0.15) is 0 Å². The lowest BCUT2D eigenvalue weighted by atomic mass is 10.0. The van der Waals surface area contributed by atoms with Gasteiger partial charge < -0.3 is 0 Å². The van der Waals surface area contributed by atoms with Crippen molar-refractivity contribution in [1.29, 1.82) is 0 Å². The van der Waals surface area contributed by atoms with Gasteiger partial charge in [-0.3, -0.25) is 0 Å². The Labute approximate surface area is 174 Å². The number of alkyl halides is 18. The Morgan fingerprint density at radius 1 is 0.314 bits per heavy atom. The van der Waals surface area contributed by atoms with E-state index in [0.29, 0.717) is 0 Å². The highest BCUT2D eigenvalue weighted by Gasteiger charge is 2.79. The maximum absolute atomic E-state index is 13.2. The first-order valence-corrected chi connectivity index (χ1v) is 7.07. The lowest BCUT2D eigenvalue weighted by Crippen LogP contribution is -2.55. The Morgan fingerprint density at radius 3 is 0.629 bits per heavy atom. The monoisotopic (exact) mass is 578 g/mol. The van der Waals surface area contributed by atoms with E-state index in [0.717, 1.165) is 0 Å². The Bertz CT molecular complexity index is 748. The average Bonchev–Trinajstić information content (AvgIpc) is 2.59. The number of allylic oxidation sites excluding steroid dienone is 2. The van der Waals surface area contributed by atoms with Crippen LogP contribution in [0.2, 0.25) is 0 Å². The van der Waals surface area contributed by atoms with Crippen molar-refractivity contribution in [3.8, 4) is 0 Å². The quantitative estimate of drug-likeness (QED) is 0.289. The van der Waals surface area contributed by atoms with Gasteiger partial charge in [-0.2, -0.15) is 79.0 Å². The van der Waals surface area contributed by atoms with E-state index in [-0.39, 0.29) is 0 Å². The Hall–Kier alpha value is -2.10. The molecular weight excluding hydrogens is 578 g/mol. The van der Waals surface area contributed by atoms with Gasteiger partial charge in [0.05, 0.1) is 0 Å². The molecule has 0 spiro atoms. The van der Waals surface area contributed by atoms with Crippen LogP contribution in [0.3, 0.4) is 0 Å². The van der Waals surface area contributed by atoms with E-state index < -0.39 is 71.6 Å². The molecule has 0 heterocycles. The fourth-order valence-corrected chi connectivity index (χ4v) is 1.63. The fourth-order valence-electron chi connectivity index (χ4n) is 1.63. The summed E-state index contributed by atoms with van der Waals surface area (Å²) < 4.78 is 279. The molecule has 0 rings (SSSR count). The SMILES string of the molecule is FC(=C(F)C(F)(C(F)(F)F)C(F)(F)F)C(F)(F)OC(F)(F)C(F)=C(F)C(F)(C(F)(F)F)C(F)(F)F. The number of halogens is 22. The molecule has 0 aromatic carbocycles. The zero-order chi connectivity index (χ0) is 29.0. The second-order valence-electron chi connectivity index (χ2n) is 5.70. The minimum atomic E-state index is -7.77. The Morgan fingerprint density at radius 2 is 0.486 bits per heavy atom. The van der Waals surface area contributed by atoms with E-state index >= 15 is 0 Å². The number of hydrogen-bond acceptors (Lipinski definition) is 1. The van der Waals surface area contributed by atoms with Gasteiger partial charge in [-0.05, 0) is 0 Å². The predicted octanol–water partition coefficient (Wildman–Crippen LogP) is 8.16. The van der Waals surface area contributed by atoms with Crippen LogP contribution in [0.5, 0.6) is 0 Å². The maximum Gasteiger partial charge on any atom is 0.438 e. The highest BCUT2D eigenvalue weighted by molar-refractivity contribution is 5.25. The van der Waals surface area contributed by atoms with E-state index in [9.17, 15) is 96.6 Å². The molecular formula is C12F22O. The summed E-state index contributed by atoms with van der Waals surface area (Å²) in [4.78, 5) is 0. The van der Waals surface area contributed by atoms with Crippen molar-refractivity contribution in [2.75, 3.05) is 0 Å². The minimum Gasteiger partial charge on any atom is -0.243 e. The van der Waals surface area contributed by atoms with Crippen LogP contribution in [0.15, 0.2) is 23.3 Å². The molecule has 0 aliphatic heterocycles. The molecule has 0 radical (unpaired) electrons. The standard InChI is InChI=1S/C12F22O/c13-1(5(17,9(23,24)25)10(26,27)28)3(15)7(19,20)35-8(21,22)4(16)2(14)6(18,11(29,30)31)12(32,33)34. The van der Waals surface area contributed by atoms with Gasteiger partial charge in [0.2, 0.25) is 11.7 Å². The summed E-state index contributed by atoms with van der Waals surface area (Å²) in [6.45, 7) is 0. The van der Waals surface area contributed by atoms with Crippen molar-refractivity contribution in [3.63, 3.8) is 0 Å². The molecule has 0 fully saturated rings. The third kappa shape index (κ3) is 5.52. The molecule has 0 atom stereocenters. The van der Waals surface area contributed by atoms with E-state index in [1.165, 1.54) is 4.74 Å². The third-order valence-corrected chi connectivity index (χ3v) is 3.32.